The van der Waals surface area contributed by atoms with Gasteiger partial charge in [-0.3, -0.25) is 4.79 Å². The highest BCUT2D eigenvalue weighted by Gasteiger charge is 2.30. The van der Waals surface area contributed by atoms with Crippen LogP contribution < -0.4 is 24.9 Å². The standard InChI is InChI=1S/C56H76BrClFN11O11/c1-38-36-79-22-18-69(38)51-42-10-11-45(61-49(42)63-54(65-51)70-19-23-80-37-39(70)2)40-8-7-9-41(34-40)52(71)60-12-20-73-24-26-75-28-30-77-32-33-78-31-29-76-27-25-74-21-17-66(6)53-62-48-43(35-44(58)46(57)47(48)59)50(64-53)67-13-15-68(16-14-67)55(72)81-56(3,4)5/h7-11,34-35,38-39H,12-33,36-37H2,1-6H3,(H,60,71)/t38-,39-/m1/s1. The molecule has 0 aliphatic carbocycles. The minimum atomic E-state index is -0.602. The highest BCUT2D eigenvalue weighted by Crippen LogP contribution is 2.37. The van der Waals surface area contributed by atoms with Crippen molar-refractivity contribution in [1.29, 1.82) is 0 Å². The van der Waals surface area contributed by atoms with E-state index in [0.29, 0.717) is 192 Å². The number of anilines is 4. The van der Waals surface area contributed by atoms with E-state index in [0.717, 1.165) is 23.3 Å². The van der Waals surface area contributed by atoms with E-state index in [1.54, 1.807) is 21.9 Å². The summed E-state index contributed by atoms with van der Waals surface area (Å²) in [4.78, 5) is 60.3. The topological polar surface area (TPSA) is 210 Å². The summed E-state index contributed by atoms with van der Waals surface area (Å²) in [6.45, 7) is 20.9. The van der Waals surface area contributed by atoms with Crippen molar-refractivity contribution in [1.82, 2.24) is 35.1 Å². The molecule has 25 heteroatoms. The van der Waals surface area contributed by atoms with Gasteiger partial charge >= 0.3 is 6.09 Å². The van der Waals surface area contributed by atoms with Gasteiger partial charge < -0.3 is 72.4 Å². The Balaban J connectivity index is 0.647. The Morgan fingerprint density at radius 3 is 1.95 bits per heavy atom. The molecule has 3 fully saturated rings. The number of carbonyl (C=O) groups is 2. The highest BCUT2D eigenvalue weighted by molar-refractivity contribution is 9.10. The van der Waals surface area contributed by atoms with Crippen molar-refractivity contribution in [2.45, 2.75) is 52.3 Å². The number of likely N-dealkylation sites (N-methyl/N-ethyl adjacent to an activating group) is 1. The zero-order valence-corrected chi connectivity index (χ0v) is 49.6. The van der Waals surface area contributed by atoms with E-state index in [1.165, 1.54) is 0 Å². The van der Waals surface area contributed by atoms with Crippen molar-refractivity contribution in [2.24, 2.45) is 0 Å². The lowest BCUT2D eigenvalue weighted by atomic mass is 10.1. The number of morpholine rings is 2. The quantitative estimate of drug-likeness (QED) is 0.0430. The van der Waals surface area contributed by atoms with Crippen LogP contribution in [0.3, 0.4) is 0 Å². The summed E-state index contributed by atoms with van der Waals surface area (Å²) in [5.74, 6) is 1.54. The Bertz CT molecular complexity index is 2870. The third kappa shape index (κ3) is 17.3. The highest BCUT2D eigenvalue weighted by atomic mass is 79.9. The smallest absolute Gasteiger partial charge is 0.410 e. The molecule has 3 saturated heterocycles. The summed E-state index contributed by atoms with van der Waals surface area (Å²) in [6, 6.07) is 13.3. The number of piperazine rings is 1. The van der Waals surface area contributed by atoms with Crippen LogP contribution in [-0.2, 0) is 42.6 Å². The fraction of sp³-hybridized carbons (Fsp3) is 0.589. The van der Waals surface area contributed by atoms with Crippen molar-refractivity contribution < 1.29 is 56.6 Å². The first-order chi connectivity index (χ1) is 39.1. The molecule has 1 N–H and O–H groups in total. The van der Waals surface area contributed by atoms with Crippen LogP contribution in [0.1, 0.15) is 45.0 Å². The summed E-state index contributed by atoms with van der Waals surface area (Å²) >= 11 is 9.63. The van der Waals surface area contributed by atoms with Gasteiger partial charge in [0.2, 0.25) is 11.9 Å². The molecular formula is C56H76BrClFN11O11. The van der Waals surface area contributed by atoms with Crippen LogP contribution in [0.4, 0.5) is 32.7 Å². The van der Waals surface area contributed by atoms with Crippen molar-refractivity contribution >= 4 is 85.0 Å². The molecule has 8 rings (SSSR count). The van der Waals surface area contributed by atoms with Crippen LogP contribution in [0.5, 0.6) is 0 Å². The third-order valence-electron chi connectivity index (χ3n) is 13.5. The normalized spacial score (nSPS) is 17.1. The molecule has 0 unspecified atom stereocenters. The number of ether oxygens (including phenoxy) is 9. The first kappa shape index (κ1) is 61.7. The summed E-state index contributed by atoms with van der Waals surface area (Å²) in [7, 11) is 1.82. The molecule has 0 spiro atoms. The maximum absolute atomic E-state index is 15.6. The molecule has 0 saturated carbocycles. The summed E-state index contributed by atoms with van der Waals surface area (Å²) in [5, 5.41) is 4.49. The van der Waals surface area contributed by atoms with E-state index in [4.69, 9.17) is 74.2 Å². The third-order valence-corrected chi connectivity index (χ3v) is 14.8. The summed E-state index contributed by atoms with van der Waals surface area (Å²) in [6.07, 6.45) is -0.373. The van der Waals surface area contributed by atoms with E-state index >= 15 is 4.39 Å². The molecule has 3 aliphatic heterocycles. The Labute approximate surface area is 486 Å². The second-order valence-electron chi connectivity index (χ2n) is 20.8. The first-order valence-corrected chi connectivity index (χ1v) is 28.8. The summed E-state index contributed by atoms with van der Waals surface area (Å²) < 4.78 is 66.7. The number of benzene rings is 2. The van der Waals surface area contributed by atoms with Gasteiger partial charge in [-0.1, -0.05) is 23.7 Å². The van der Waals surface area contributed by atoms with Gasteiger partial charge in [-0.25, -0.2) is 19.2 Å². The van der Waals surface area contributed by atoms with Crippen LogP contribution in [0, 0.1) is 5.82 Å². The Morgan fingerprint density at radius 2 is 1.33 bits per heavy atom. The van der Waals surface area contributed by atoms with Crippen LogP contribution in [0.25, 0.3) is 33.2 Å². The molecule has 5 aromatic rings. The van der Waals surface area contributed by atoms with Gasteiger partial charge in [-0.2, -0.15) is 15.0 Å². The zero-order chi connectivity index (χ0) is 57.3. The molecular weight excluding hydrogens is 1140 g/mol. The number of fused-ring (bicyclic) bond motifs is 2. The Hall–Kier alpha value is -5.41. The maximum Gasteiger partial charge on any atom is 0.410 e. The van der Waals surface area contributed by atoms with E-state index in [-0.39, 0.29) is 39.1 Å². The van der Waals surface area contributed by atoms with Gasteiger partial charge in [0.1, 0.15) is 22.8 Å². The minimum Gasteiger partial charge on any atom is -0.444 e. The number of halogens is 3. The molecule has 81 heavy (non-hydrogen) atoms. The largest absolute Gasteiger partial charge is 0.444 e. The number of carbonyl (C=O) groups excluding carboxylic acids is 2. The minimum absolute atomic E-state index is 0.122. The molecule has 2 amide bonds. The van der Waals surface area contributed by atoms with Gasteiger partial charge in [0.25, 0.3) is 5.91 Å². The monoisotopic (exact) mass is 1210 g/mol. The van der Waals surface area contributed by atoms with E-state index in [2.05, 4.69) is 49.9 Å². The van der Waals surface area contributed by atoms with Crippen molar-refractivity contribution in [3.8, 4) is 11.3 Å². The molecule has 442 valence electrons. The average Bonchev–Trinajstić information content (AvgIpc) is 3.47. The van der Waals surface area contributed by atoms with Crippen molar-refractivity contribution in [3.05, 3.63) is 63.3 Å². The molecule has 3 aliphatic rings. The van der Waals surface area contributed by atoms with Crippen molar-refractivity contribution in [2.75, 3.05) is 185 Å². The van der Waals surface area contributed by atoms with Crippen LogP contribution in [0.15, 0.2) is 46.9 Å². The fourth-order valence-electron chi connectivity index (χ4n) is 9.20. The molecule has 3 aromatic heterocycles. The number of amides is 2. The fourth-order valence-corrected chi connectivity index (χ4v) is 9.70. The van der Waals surface area contributed by atoms with E-state index < -0.39 is 11.4 Å². The maximum atomic E-state index is 15.6. The van der Waals surface area contributed by atoms with E-state index in [9.17, 15) is 9.59 Å². The number of aromatic nitrogens is 5. The average molecular weight is 1210 g/mol. The second-order valence-corrected chi connectivity index (χ2v) is 22.0. The van der Waals surface area contributed by atoms with Gasteiger partial charge in [-0.05, 0) is 80.9 Å². The van der Waals surface area contributed by atoms with Crippen LogP contribution in [-0.4, -0.2) is 225 Å². The van der Waals surface area contributed by atoms with Gasteiger partial charge in [0, 0.05) is 75.9 Å². The number of nitrogens with zero attached hydrogens (tertiary/aromatic N) is 10. The second kappa shape index (κ2) is 30.2. The SMILES string of the molecule is C[C@@H]1COCCN1c1nc(N2CCOC[C@H]2C)c2ccc(-c3cccc(C(=O)NCCOCCOCCOCCOCCOCCOCCN(C)c4nc(N5CCN(C(=O)OC(C)(C)C)CC5)c5cc(Cl)c(Br)c(F)c5n4)c3)nc2n1. The van der Waals surface area contributed by atoms with Crippen LogP contribution in [0.2, 0.25) is 5.02 Å². The molecule has 2 atom stereocenters. The number of pyridine rings is 1. The van der Waals surface area contributed by atoms with Gasteiger partial charge in [-0.15, -0.1) is 0 Å². The molecule has 2 aromatic carbocycles. The predicted octanol–water partition coefficient (Wildman–Crippen LogP) is 6.66. The molecule has 6 heterocycles. The lowest BCUT2D eigenvalue weighted by Gasteiger charge is -2.37. The summed E-state index contributed by atoms with van der Waals surface area (Å²) in [5.41, 5.74) is 2.15. The van der Waals surface area contributed by atoms with Gasteiger partial charge in [0.15, 0.2) is 11.5 Å². The van der Waals surface area contributed by atoms with E-state index in [1.807, 2.05) is 63.1 Å². The number of nitrogens with one attached hydrogen (secondary N) is 1. The van der Waals surface area contributed by atoms with Gasteiger partial charge in [0.05, 0.1) is 138 Å². The molecule has 0 bridgehead atoms. The zero-order valence-electron chi connectivity index (χ0n) is 47.3. The van der Waals surface area contributed by atoms with Crippen molar-refractivity contribution in [3.63, 3.8) is 0 Å². The van der Waals surface area contributed by atoms with Crippen LogP contribution >= 0.6 is 27.5 Å². The Kier molecular flexibility index (Phi) is 23.0. The number of rotatable bonds is 27. The first-order valence-electron chi connectivity index (χ1n) is 27.7. The molecule has 0 radical (unpaired) electrons. The lowest BCUT2D eigenvalue weighted by molar-refractivity contribution is -0.0162. The number of hydrogen-bond donors (Lipinski definition) is 1. The number of hydrogen-bond acceptors (Lipinski definition) is 20. The lowest BCUT2D eigenvalue weighted by Crippen LogP contribution is -2.50. The Morgan fingerprint density at radius 1 is 0.728 bits per heavy atom. The predicted molar refractivity (Wildman–Crippen MR) is 311 cm³/mol. The molecule has 22 nitrogen and oxygen atoms in total.